The Morgan fingerprint density at radius 3 is 2.26 bits per heavy atom. The fourth-order valence-corrected chi connectivity index (χ4v) is 5.05. The maximum Gasteiger partial charge on any atom is 0.337 e. The maximum absolute atomic E-state index is 11.8. The number of nitriles is 3. The summed E-state index contributed by atoms with van der Waals surface area (Å²) in [5.41, 5.74) is 0.0570. The molecular weight excluding hydrogens is 388 g/mol. The highest BCUT2D eigenvalue weighted by atomic mass is 16.5. The molecule has 0 aromatic heterocycles. The summed E-state index contributed by atoms with van der Waals surface area (Å²) in [6, 6.07) is 13.1. The first-order valence-electron chi connectivity index (χ1n) is 10.3. The summed E-state index contributed by atoms with van der Waals surface area (Å²) in [7, 11) is 1.31. The molecule has 2 aliphatic rings. The molecule has 1 aromatic carbocycles. The Hall–Kier alpha value is -3.43. The smallest absolute Gasteiger partial charge is 0.337 e. The molecule has 3 rings (SSSR count). The van der Waals surface area contributed by atoms with E-state index in [-0.39, 0.29) is 17.0 Å². The third-order valence-corrected chi connectivity index (χ3v) is 6.92. The molecule has 6 nitrogen and oxygen atoms in total. The highest BCUT2D eigenvalue weighted by molar-refractivity contribution is 6.00. The van der Waals surface area contributed by atoms with E-state index in [0.29, 0.717) is 17.0 Å². The summed E-state index contributed by atoms with van der Waals surface area (Å²) in [6.07, 6.45) is 3.59. The van der Waals surface area contributed by atoms with Crippen molar-refractivity contribution in [3.63, 3.8) is 0 Å². The van der Waals surface area contributed by atoms with Crippen molar-refractivity contribution < 1.29 is 9.53 Å². The van der Waals surface area contributed by atoms with Crippen molar-refractivity contribution in [3.05, 3.63) is 47.0 Å². The lowest BCUT2D eigenvalue weighted by Gasteiger charge is -2.49. The number of methoxy groups -OCH3 is 1. The molecule has 0 heterocycles. The number of nitrogens with zero attached hydrogens (tertiary/aromatic N) is 3. The third kappa shape index (κ3) is 3.51. The average molecular weight is 415 g/mol. The van der Waals surface area contributed by atoms with Gasteiger partial charge in [-0.3, -0.25) is 0 Å². The summed E-state index contributed by atoms with van der Waals surface area (Å²) in [6.45, 7) is 6.52. The molecule has 0 spiro atoms. The summed E-state index contributed by atoms with van der Waals surface area (Å²) < 4.78 is 4.77. The lowest BCUT2D eigenvalue weighted by atomic mass is 9.51. The fraction of sp³-hybridized carbons (Fsp3) is 0.480. The van der Waals surface area contributed by atoms with Crippen molar-refractivity contribution in [3.8, 4) is 18.2 Å². The van der Waals surface area contributed by atoms with Crippen LogP contribution in [0, 0.1) is 68.0 Å². The second-order valence-corrected chi connectivity index (χ2v) is 9.44. The first-order chi connectivity index (χ1) is 14.6. The van der Waals surface area contributed by atoms with Crippen molar-refractivity contribution in [2.75, 3.05) is 7.11 Å². The zero-order valence-electron chi connectivity index (χ0n) is 18.3. The van der Waals surface area contributed by atoms with Crippen LogP contribution in [0.4, 0.5) is 0 Å². The van der Waals surface area contributed by atoms with Crippen LogP contribution in [-0.2, 0) is 4.74 Å². The molecule has 1 unspecified atom stereocenters. The number of allylic oxidation sites excluding steroid dienone is 2. The van der Waals surface area contributed by atoms with Crippen LogP contribution in [-0.4, -0.2) is 18.8 Å². The number of carbonyl (C=O) groups is 1. The Bertz CT molecular complexity index is 1040. The minimum absolute atomic E-state index is 0.0242. The molecular formula is C25H26N4O2. The lowest BCUT2D eigenvalue weighted by Crippen LogP contribution is -2.50. The predicted molar refractivity (Wildman–Crippen MR) is 115 cm³/mol. The molecule has 1 fully saturated rings. The fourth-order valence-electron chi connectivity index (χ4n) is 5.05. The van der Waals surface area contributed by atoms with Gasteiger partial charge in [-0.15, -0.1) is 0 Å². The van der Waals surface area contributed by atoms with Crippen LogP contribution < -0.4 is 0 Å². The Morgan fingerprint density at radius 1 is 1.16 bits per heavy atom. The third-order valence-electron chi connectivity index (χ3n) is 6.92. The Balaban J connectivity index is 2.20. The van der Waals surface area contributed by atoms with Crippen LogP contribution in [0.3, 0.4) is 0 Å². The van der Waals surface area contributed by atoms with Gasteiger partial charge in [0.15, 0.2) is 5.41 Å². The van der Waals surface area contributed by atoms with E-state index in [4.69, 9.17) is 10.1 Å². The van der Waals surface area contributed by atoms with Gasteiger partial charge in [0, 0.05) is 5.92 Å². The highest BCUT2D eigenvalue weighted by Crippen LogP contribution is 2.57. The molecule has 1 aromatic rings. The molecule has 0 bridgehead atoms. The molecule has 158 valence electrons. The quantitative estimate of drug-likeness (QED) is 0.552. The number of hydrogen-bond acceptors (Lipinski definition) is 6. The molecule has 4 atom stereocenters. The van der Waals surface area contributed by atoms with Crippen molar-refractivity contribution >= 4 is 11.7 Å². The van der Waals surface area contributed by atoms with Crippen LogP contribution in [0.25, 0.3) is 0 Å². The minimum atomic E-state index is -1.74. The Morgan fingerprint density at radius 2 is 1.77 bits per heavy atom. The summed E-state index contributed by atoms with van der Waals surface area (Å²) in [4.78, 5) is 11.8. The van der Waals surface area contributed by atoms with Gasteiger partial charge >= 0.3 is 5.97 Å². The van der Waals surface area contributed by atoms with Crippen LogP contribution >= 0.6 is 0 Å². The molecule has 1 saturated carbocycles. The van der Waals surface area contributed by atoms with Crippen LogP contribution in [0.1, 0.15) is 55.5 Å². The summed E-state index contributed by atoms with van der Waals surface area (Å²) >= 11 is 0. The van der Waals surface area contributed by atoms with Crippen molar-refractivity contribution in [2.24, 2.45) is 28.6 Å². The molecule has 0 aliphatic heterocycles. The zero-order valence-corrected chi connectivity index (χ0v) is 18.3. The van der Waals surface area contributed by atoms with Crippen molar-refractivity contribution in [2.45, 2.75) is 39.5 Å². The first kappa shape index (κ1) is 22.3. The number of nitrogens with one attached hydrogen (secondary N) is 1. The van der Waals surface area contributed by atoms with Gasteiger partial charge in [-0.05, 0) is 53.4 Å². The van der Waals surface area contributed by atoms with Gasteiger partial charge in [-0.1, -0.05) is 39.0 Å². The Kier molecular flexibility index (Phi) is 5.75. The molecule has 0 saturated heterocycles. The van der Waals surface area contributed by atoms with E-state index < -0.39 is 23.2 Å². The summed E-state index contributed by atoms with van der Waals surface area (Å²) in [5, 5.41) is 38.8. The largest absolute Gasteiger partial charge is 0.465 e. The maximum atomic E-state index is 11.8. The minimum Gasteiger partial charge on any atom is -0.465 e. The monoisotopic (exact) mass is 414 g/mol. The molecule has 1 N–H and O–H groups in total. The first-order valence-corrected chi connectivity index (χ1v) is 10.3. The van der Waals surface area contributed by atoms with E-state index in [1.807, 2.05) is 0 Å². The van der Waals surface area contributed by atoms with E-state index in [9.17, 15) is 20.6 Å². The van der Waals surface area contributed by atoms with Crippen LogP contribution in [0.5, 0.6) is 0 Å². The number of esters is 1. The molecule has 6 heteroatoms. The van der Waals surface area contributed by atoms with E-state index in [0.717, 1.165) is 18.4 Å². The number of carbonyl (C=O) groups excluding carboxylic acids is 1. The summed E-state index contributed by atoms with van der Waals surface area (Å²) in [5.74, 6) is -1.82. The van der Waals surface area contributed by atoms with Gasteiger partial charge < -0.3 is 10.1 Å². The molecule has 31 heavy (non-hydrogen) atoms. The van der Waals surface area contributed by atoms with Gasteiger partial charge in [0.05, 0.1) is 36.6 Å². The van der Waals surface area contributed by atoms with Gasteiger partial charge in [-0.25, -0.2) is 4.79 Å². The standard InChI is InChI=1S/C25H26N4O2/c1-24(2,3)17-9-10-18-19(11-17)21(15-5-7-16(8-6-15)23(30)31-4)25(13-27,14-28)22(29)20(18)12-26/h5-8,10,17,19-21,29H,9,11H2,1-4H3/t17-,19+,20?,21-/m1/s1. The van der Waals surface area contributed by atoms with E-state index >= 15 is 0 Å². The highest BCUT2D eigenvalue weighted by Gasteiger charge is 2.58. The Labute approximate surface area is 183 Å². The lowest BCUT2D eigenvalue weighted by molar-refractivity contribution is 0.0600. The van der Waals surface area contributed by atoms with Crippen molar-refractivity contribution in [1.82, 2.24) is 0 Å². The van der Waals surface area contributed by atoms with E-state index in [2.05, 4.69) is 45.1 Å². The van der Waals surface area contributed by atoms with Gasteiger partial charge in [-0.2, -0.15) is 15.8 Å². The number of hydrogen-bond donors (Lipinski definition) is 1. The van der Waals surface area contributed by atoms with Crippen LogP contribution in [0.15, 0.2) is 35.9 Å². The van der Waals surface area contributed by atoms with Crippen molar-refractivity contribution in [1.29, 1.82) is 21.2 Å². The van der Waals surface area contributed by atoms with E-state index in [1.54, 1.807) is 24.3 Å². The SMILES string of the molecule is COC(=O)c1ccc([C@@H]2[C@H]3C[C@H](C(C)(C)C)CC=C3C(C#N)C(=N)C2(C#N)C#N)cc1. The second kappa shape index (κ2) is 8.01. The average Bonchev–Trinajstić information content (AvgIpc) is 2.77. The number of benzene rings is 1. The van der Waals surface area contributed by atoms with Gasteiger partial charge in [0.2, 0.25) is 0 Å². The van der Waals surface area contributed by atoms with Gasteiger partial charge in [0.25, 0.3) is 0 Å². The van der Waals surface area contributed by atoms with Gasteiger partial charge in [0.1, 0.15) is 5.92 Å². The number of fused-ring (bicyclic) bond motifs is 1. The molecule has 0 amide bonds. The van der Waals surface area contributed by atoms with Crippen LogP contribution in [0.2, 0.25) is 0 Å². The second-order valence-electron chi connectivity index (χ2n) is 9.44. The number of rotatable bonds is 2. The van der Waals surface area contributed by atoms with E-state index in [1.165, 1.54) is 7.11 Å². The molecule has 2 aliphatic carbocycles. The molecule has 0 radical (unpaired) electrons. The normalized spacial score (nSPS) is 27.0. The zero-order chi connectivity index (χ0) is 23.0. The number of ether oxygens (including phenoxy) is 1. The predicted octanol–water partition coefficient (Wildman–Crippen LogP) is 4.76. The topological polar surface area (TPSA) is 122 Å².